The molecule has 4 heteroatoms. The van der Waals surface area contributed by atoms with Crippen molar-refractivity contribution < 1.29 is 32.4 Å². The molecule has 4 unspecified atom stereocenters. The van der Waals surface area contributed by atoms with E-state index in [-0.39, 0.29) is 0 Å². The average Bonchev–Trinajstić information content (AvgIpc) is 1.24. The minimum absolute atomic E-state index is 0.527. The Morgan fingerprint density at radius 2 is 0.478 bits per heavy atom. The number of unbranched alkanes of at least 4 members (excludes halogenated alkanes) is 7. The zero-order valence-corrected chi connectivity index (χ0v) is 68.2. The van der Waals surface area contributed by atoms with E-state index < -0.39 is 45.8 Å². The van der Waals surface area contributed by atoms with Gasteiger partial charge in [0.1, 0.15) is 0 Å². The minimum atomic E-state index is -5.22. The summed E-state index contributed by atoms with van der Waals surface area (Å²) in [4.78, 5) is 0. The van der Waals surface area contributed by atoms with Gasteiger partial charge in [0.25, 0.3) is 0 Å². The van der Waals surface area contributed by atoms with Crippen molar-refractivity contribution in [1.82, 2.24) is 0 Å². The molecule has 0 saturated carbocycles. The third-order valence-corrected chi connectivity index (χ3v) is 195. The van der Waals surface area contributed by atoms with Crippen LogP contribution in [0.4, 0.5) is 0 Å². The van der Waals surface area contributed by atoms with Crippen LogP contribution in [0.25, 0.3) is 68.8 Å². The average molecular weight is 1580 g/mol. The van der Waals surface area contributed by atoms with Crippen LogP contribution in [-0.2, 0) is 32.4 Å². The maximum absolute atomic E-state index is 5.22. The second kappa shape index (κ2) is 26.5. The fraction of sp³-hybridized carbons (Fsp3) is 0.364. The predicted molar refractivity (Wildman–Crippen MR) is 409 cm³/mol. The van der Waals surface area contributed by atoms with E-state index in [4.69, 9.17) is 0 Å². The molecule has 4 aliphatic rings. The first kappa shape index (κ1) is 66.9. The van der Waals surface area contributed by atoms with Gasteiger partial charge in [0.2, 0.25) is 0 Å². The van der Waals surface area contributed by atoms with Crippen LogP contribution in [0.15, 0.2) is 216 Å². The Morgan fingerprint density at radius 3 is 0.685 bits per heavy atom. The summed E-state index contributed by atoms with van der Waals surface area (Å²) in [6.07, 6.45) is 26.9. The van der Waals surface area contributed by atoms with Gasteiger partial charge in [0.05, 0.1) is 0 Å². The van der Waals surface area contributed by atoms with Gasteiger partial charge in [-0.3, -0.25) is 0 Å². The molecule has 0 amide bonds. The van der Waals surface area contributed by atoms with Gasteiger partial charge in [-0.1, -0.05) is 0 Å². The molecule has 0 bridgehead atoms. The topological polar surface area (TPSA) is 0 Å². The molecule has 0 aliphatic heterocycles. The van der Waals surface area contributed by atoms with Crippen molar-refractivity contribution >= 4 is 37.7 Å². The molecule has 0 nitrogen and oxygen atoms in total. The van der Waals surface area contributed by atoms with E-state index >= 15 is 0 Å². The first-order valence-electron chi connectivity index (χ1n) is 37.0. The third-order valence-electron chi connectivity index (χ3n) is 27.8. The van der Waals surface area contributed by atoms with Gasteiger partial charge in [-0.25, -0.2) is 0 Å². The summed E-state index contributed by atoms with van der Waals surface area (Å²) in [5.74, 6) is 0. The van der Waals surface area contributed by atoms with Crippen molar-refractivity contribution in [2.45, 2.75) is 185 Å². The molecule has 0 radical (unpaired) electrons. The van der Waals surface area contributed by atoms with E-state index in [0.29, 0.717) is 14.7 Å². The molecule has 0 heterocycles. The first-order valence-corrected chi connectivity index (χ1v) is 80.0. The Balaban J connectivity index is 1.04. The van der Waals surface area contributed by atoms with Gasteiger partial charge < -0.3 is 0 Å². The van der Waals surface area contributed by atoms with Gasteiger partial charge in [-0.15, -0.1) is 0 Å². The van der Waals surface area contributed by atoms with Crippen molar-refractivity contribution in [1.29, 1.82) is 0 Å². The summed E-state index contributed by atoms with van der Waals surface area (Å²) >= 11 is -10.4. The standard InChI is InChI=1S/4C16H13.C6H12.4C4H9.2CH5Si.2Hf/c4*1-12-10-14-8-5-9-15(16(14)11-12)13-6-3-2-4-7-13;1-3-5-6-4-2;4*1-3-4-2;2*1-2;;/h4*2-11H,1H3;1-6H2;4*1,3-4H2,2H3;2*2H2,1H3;;. The number of benzene rings is 8. The number of hydrogen-bond donors (Lipinski definition) is 0. The van der Waals surface area contributed by atoms with E-state index in [9.17, 15) is 0 Å². The number of hydrogen-bond acceptors (Lipinski definition) is 0. The zero-order chi connectivity index (χ0) is 64.3. The predicted octanol–water partition coefficient (Wildman–Crippen LogP) is 26.3. The molecule has 4 aliphatic carbocycles. The van der Waals surface area contributed by atoms with Crippen LogP contribution >= 0.6 is 0 Å². The fourth-order valence-electron chi connectivity index (χ4n) is 24.4. The van der Waals surface area contributed by atoms with Crippen LogP contribution in [0.3, 0.4) is 0 Å². The van der Waals surface area contributed by atoms with Gasteiger partial charge in [0, 0.05) is 0 Å². The summed E-state index contributed by atoms with van der Waals surface area (Å²) in [6.45, 7) is 25.2. The van der Waals surface area contributed by atoms with Crippen LogP contribution in [0.2, 0.25) is 38.2 Å². The van der Waals surface area contributed by atoms with E-state index in [1.165, 1.54) is 147 Å². The molecular weight excluding hydrogens is 1470 g/mol. The quantitative estimate of drug-likeness (QED) is 0.0324. The van der Waals surface area contributed by atoms with Gasteiger partial charge in [-0.05, 0) is 0 Å². The van der Waals surface area contributed by atoms with Crippen LogP contribution in [0.5, 0.6) is 0 Å². The Hall–Kier alpha value is -5.11. The molecule has 478 valence electrons. The Bertz CT molecular complexity index is 3610. The fourth-order valence-corrected chi connectivity index (χ4v) is 193. The monoisotopic (exact) mass is 1580 g/mol. The van der Waals surface area contributed by atoms with Crippen molar-refractivity contribution in [3.05, 3.63) is 261 Å². The van der Waals surface area contributed by atoms with E-state index in [1.807, 2.05) is 0 Å². The van der Waals surface area contributed by atoms with Gasteiger partial charge in [-0.2, -0.15) is 0 Å². The molecule has 0 aromatic heterocycles. The van der Waals surface area contributed by atoms with E-state index in [1.54, 1.807) is 66.8 Å². The molecule has 8 aromatic carbocycles. The first-order chi connectivity index (χ1) is 44.8. The molecule has 8 aromatic rings. The van der Waals surface area contributed by atoms with Crippen molar-refractivity contribution in [3.63, 3.8) is 0 Å². The van der Waals surface area contributed by atoms with Crippen molar-refractivity contribution in [3.8, 4) is 44.5 Å². The van der Waals surface area contributed by atoms with Gasteiger partial charge in [0.15, 0.2) is 0 Å². The molecule has 12 rings (SSSR count). The van der Waals surface area contributed by atoms with Crippen molar-refractivity contribution in [2.75, 3.05) is 0 Å². The Kier molecular flexibility index (Phi) is 19.3. The Labute approximate surface area is 555 Å². The maximum atomic E-state index is 2.94. The number of rotatable bonds is 29. The number of fused-ring (bicyclic) bond motifs is 4. The van der Waals surface area contributed by atoms with Crippen LogP contribution < -0.4 is 0 Å². The summed E-state index contributed by atoms with van der Waals surface area (Å²) in [5.41, 5.74) is 31.0. The normalized spacial score (nSPS) is 19.2. The zero-order valence-electron chi connectivity index (χ0n) is 58.2. The molecule has 0 saturated heterocycles. The van der Waals surface area contributed by atoms with E-state index in [0.717, 1.165) is 0 Å². The molecule has 0 fully saturated rings. The molecule has 4 atom stereocenters. The molecule has 92 heavy (non-hydrogen) atoms. The molecule has 0 N–H and O–H groups in total. The van der Waals surface area contributed by atoms with Crippen LogP contribution in [-0.4, -0.2) is 13.4 Å². The van der Waals surface area contributed by atoms with Crippen LogP contribution in [0, 0.1) is 0 Å². The van der Waals surface area contributed by atoms with Gasteiger partial charge >= 0.3 is 561 Å². The summed E-state index contributed by atoms with van der Waals surface area (Å²) in [6, 6.07) is 76.3. The summed E-state index contributed by atoms with van der Waals surface area (Å²) in [5, 5.41) is 0. The second-order valence-corrected chi connectivity index (χ2v) is 153. The van der Waals surface area contributed by atoms with E-state index in [2.05, 4.69) is 287 Å². The molecular formula is C88H110Hf2Si2. The summed E-state index contributed by atoms with van der Waals surface area (Å²) < 4.78 is 11.0. The Morgan fingerprint density at radius 1 is 0.261 bits per heavy atom. The SMILES string of the molecule is CCC[CH2][Hf]([CH2]CCC)([CH2]CCCC[CH2][Hf]([CH2]CCC)([CH2]CCC)([SiH2]C)([CH]1C(C)=Cc2c(-c3ccccc3)cccc21)[CH]1C(C)=Cc2c(-c3ccccc3)cccc21)([SiH2]C)([CH]1C(C)=Cc2c(-c3ccccc3)cccc21)[CH]1C(C)=Cc2c(-c3ccccc3)cccc21. The molecule has 0 spiro atoms. The second-order valence-electron chi connectivity index (χ2n) is 31.6. The third kappa shape index (κ3) is 10.4. The number of allylic oxidation sites excluding steroid dienone is 4. The van der Waals surface area contributed by atoms with Crippen LogP contribution in [0.1, 0.15) is 192 Å². The van der Waals surface area contributed by atoms with Crippen molar-refractivity contribution in [2.24, 2.45) is 0 Å². The summed E-state index contributed by atoms with van der Waals surface area (Å²) in [7, 11) is 0.